The van der Waals surface area contributed by atoms with E-state index in [-0.39, 0.29) is 11.9 Å². The fourth-order valence-corrected chi connectivity index (χ4v) is 4.08. The van der Waals surface area contributed by atoms with Gasteiger partial charge in [-0.3, -0.25) is 15.0 Å². The van der Waals surface area contributed by atoms with Gasteiger partial charge in [-0.2, -0.15) is 0 Å². The van der Waals surface area contributed by atoms with Gasteiger partial charge in [0.25, 0.3) is 5.91 Å². The summed E-state index contributed by atoms with van der Waals surface area (Å²) in [7, 11) is 1.65. The summed E-state index contributed by atoms with van der Waals surface area (Å²) >= 11 is 1.65. The third-order valence-electron chi connectivity index (χ3n) is 4.24. The average Bonchev–Trinajstić information content (AvgIpc) is 2.68. The smallest absolute Gasteiger partial charge is 0.261 e. The molecule has 0 radical (unpaired) electrons. The number of hydrogen-bond acceptors (Lipinski definition) is 6. The van der Waals surface area contributed by atoms with E-state index < -0.39 is 0 Å². The van der Waals surface area contributed by atoms with E-state index in [2.05, 4.69) is 4.98 Å². The van der Waals surface area contributed by atoms with Crippen LogP contribution in [0.25, 0.3) is 11.1 Å². The van der Waals surface area contributed by atoms with Crippen molar-refractivity contribution in [1.82, 2.24) is 14.8 Å². The van der Waals surface area contributed by atoms with Gasteiger partial charge in [0, 0.05) is 30.3 Å². The average molecular weight is 359 g/mol. The van der Waals surface area contributed by atoms with Crippen LogP contribution in [0.15, 0.2) is 42.7 Å². The fourth-order valence-electron chi connectivity index (χ4n) is 2.93. The van der Waals surface area contributed by atoms with E-state index in [1.54, 1.807) is 36.9 Å². The van der Waals surface area contributed by atoms with Crippen molar-refractivity contribution in [3.8, 4) is 16.9 Å². The van der Waals surface area contributed by atoms with Gasteiger partial charge in [0.2, 0.25) is 0 Å². The molecule has 132 valence electrons. The van der Waals surface area contributed by atoms with Crippen LogP contribution in [0.3, 0.4) is 0 Å². The normalized spacial score (nSPS) is 17.9. The minimum atomic E-state index is -0.344. The Balaban J connectivity index is 1.75. The number of hydroxylamine groups is 1. The molecule has 1 aliphatic heterocycles. The zero-order valence-electron chi connectivity index (χ0n) is 14.0. The molecule has 1 aliphatic rings. The predicted molar refractivity (Wildman–Crippen MR) is 97.2 cm³/mol. The molecule has 2 N–H and O–H groups in total. The van der Waals surface area contributed by atoms with Crippen molar-refractivity contribution in [2.75, 3.05) is 12.9 Å². The van der Waals surface area contributed by atoms with Crippen LogP contribution >= 0.6 is 11.9 Å². The van der Waals surface area contributed by atoms with E-state index in [1.165, 1.54) is 0 Å². The number of carbonyl (C=O) groups excluding carboxylic acids is 1. The zero-order chi connectivity index (χ0) is 17.6. The Morgan fingerprint density at radius 2 is 2.20 bits per heavy atom. The van der Waals surface area contributed by atoms with Crippen LogP contribution in [0.5, 0.6) is 5.75 Å². The number of amides is 1. The fraction of sp³-hybridized carbons (Fsp3) is 0.333. The number of aromatic nitrogens is 1. The SMILES string of the molecule is COc1ccncc1-c1ccc(CN2SCCC[C@@H]2C(=O)NO)cc1. The van der Waals surface area contributed by atoms with Gasteiger partial charge in [0.1, 0.15) is 11.8 Å². The van der Waals surface area contributed by atoms with Gasteiger partial charge in [0.05, 0.1) is 7.11 Å². The Bertz CT molecular complexity index is 724. The van der Waals surface area contributed by atoms with Crippen molar-refractivity contribution in [2.24, 2.45) is 0 Å². The highest BCUT2D eigenvalue weighted by atomic mass is 32.2. The molecule has 7 heteroatoms. The van der Waals surface area contributed by atoms with E-state index >= 15 is 0 Å². The molecule has 2 heterocycles. The van der Waals surface area contributed by atoms with Crippen LogP contribution < -0.4 is 10.2 Å². The van der Waals surface area contributed by atoms with Crippen LogP contribution in [0.2, 0.25) is 0 Å². The molecular weight excluding hydrogens is 338 g/mol. The molecule has 0 saturated carbocycles. The first-order valence-electron chi connectivity index (χ1n) is 8.13. The number of pyridine rings is 1. The van der Waals surface area contributed by atoms with Crippen molar-refractivity contribution in [1.29, 1.82) is 0 Å². The topological polar surface area (TPSA) is 74.7 Å². The number of benzene rings is 1. The molecular formula is C18H21N3O3S. The van der Waals surface area contributed by atoms with Gasteiger partial charge >= 0.3 is 0 Å². The number of methoxy groups -OCH3 is 1. The molecule has 25 heavy (non-hydrogen) atoms. The van der Waals surface area contributed by atoms with Crippen LogP contribution in [0.4, 0.5) is 0 Å². The Morgan fingerprint density at radius 3 is 2.92 bits per heavy atom. The first kappa shape index (κ1) is 17.7. The van der Waals surface area contributed by atoms with Crippen LogP contribution in [0, 0.1) is 0 Å². The van der Waals surface area contributed by atoms with E-state index in [0.29, 0.717) is 6.54 Å². The molecule has 0 unspecified atom stereocenters. The van der Waals surface area contributed by atoms with Crippen molar-refractivity contribution < 1.29 is 14.7 Å². The van der Waals surface area contributed by atoms with E-state index in [4.69, 9.17) is 9.94 Å². The van der Waals surface area contributed by atoms with Gasteiger partial charge < -0.3 is 4.74 Å². The van der Waals surface area contributed by atoms with E-state index in [0.717, 1.165) is 41.0 Å². The molecule has 0 bridgehead atoms. The summed E-state index contributed by atoms with van der Waals surface area (Å²) in [5.74, 6) is 1.43. The highest BCUT2D eigenvalue weighted by molar-refractivity contribution is 7.97. The number of nitrogens with one attached hydrogen (secondary N) is 1. The van der Waals surface area contributed by atoms with Crippen molar-refractivity contribution in [2.45, 2.75) is 25.4 Å². The first-order valence-corrected chi connectivity index (χ1v) is 9.08. The van der Waals surface area contributed by atoms with Gasteiger partial charge in [-0.05, 0) is 30.0 Å². The summed E-state index contributed by atoms with van der Waals surface area (Å²) in [5, 5.41) is 8.93. The number of hydrogen-bond donors (Lipinski definition) is 2. The van der Waals surface area contributed by atoms with Gasteiger partial charge in [-0.1, -0.05) is 36.2 Å². The van der Waals surface area contributed by atoms with Crippen molar-refractivity contribution in [3.63, 3.8) is 0 Å². The maximum atomic E-state index is 11.8. The molecule has 1 aromatic carbocycles. The first-order chi connectivity index (χ1) is 12.2. The summed E-state index contributed by atoms with van der Waals surface area (Å²) in [4.78, 5) is 16.0. The van der Waals surface area contributed by atoms with Crippen LogP contribution in [-0.4, -0.2) is 39.3 Å². The summed E-state index contributed by atoms with van der Waals surface area (Å²) in [5.41, 5.74) is 4.86. The molecule has 1 aromatic heterocycles. The van der Waals surface area contributed by atoms with Gasteiger partial charge in [-0.15, -0.1) is 0 Å². The molecule has 1 fully saturated rings. The Labute approximate surface area is 151 Å². The zero-order valence-corrected chi connectivity index (χ0v) is 14.8. The third-order valence-corrected chi connectivity index (χ3v) is 5.43. The minimum Gasteiger partial charge on any atom is -0.496 e. The number of rotatable bonds is 5. The highest BCUT2D eigenvalue weighted by Crippen LogP contribution is 2.31. The van der Waals surface area contributed by atoms with E-state index in [9.17, 15) is 4.79 Å². The van der Waals surface area contributed by atoms with Crippen LogP contribution in [-0.2, 0) is 11.3 Å². The molecule has 0 aliphatic carbocycles. The predicted octanol–water partition coefficient (Wildman–Crippen LogP) is 2.88. The summed E-state index contributed by atoms with van der Waals surface area (Å²) in [6.07, 6.45) is 5.22. The summed E-state index contributed by atoms with van der Waals surface area (Å²) in [6.45, 7) is 0.646. The minimum absolute atomic E-state index is 0.304. The van der Waals surface area contributed by atoms with E-state index in [1.807, 2.05) is 34.6 Å². The highest BCUT2D eigenvalue weighted by Gasteiger charge is 2.29. The summed E-state index contributed by atoms with van der Waals surface area (Å²) in [6, 6.07) is 9.69. The molecule has 6 nitrogen and oxygen atoms in total. The number of carbonyl (C=O) groups is 1. The second kappa shape index (κ2) is 8.33. The lowest BCUT2D eigenvalue weighted by Crippen LogP contribution is -2.44. The molecule has 0 spiro atoms. The molecule has 1 amide bonds. The lowest BCUT2D eigenvalue weighted by molar-refractivity contribution is -0.133. The second-order valence-electron chi connectivity index (χ2n) is 5.82. The Kier molecular flexibility index (Phi) is 5.91. The Hall–Kier alpha value is -2.09. The lowest BCUT2D eigenvalue weighted by Gasteiger charge is -2.32. The van der Waals surface area contributed by atoms with Crippen molar-refractivity contribution in [3.05, 3.63) is 48.3 Å². The lowest BCUT2D eigenvalue weighted by atomic mass is 10.0. The largest absolute Gasteiger partial charge is 0.496 e. The standard InChI is InChI=1S/C18H21N3O3S/c1-24-17-8-9-19-11-15(17)14-6-4-13(5-7-14)12-21-16(18(22)20-23)3-2-10-25-21/h4-9,11,16,23H,2-3,10,12H2,1H3,(H,20,22)/t16-/m1/s1. The third kappa shape index (κ3) is 4.12. The van der Waals surface area contributed by atoms with Crippen molar-refractivity contribution >= 4 is 17.9 Å². The quantitative estimate of drug-likeness (QED) is 0.486. The molecule has 1 saturated heterocycles. The Morgan fingerprint density at radius 1 is 1.40 bits per heavy atom. The second-order valence-corrected chi connectivity index (χ2v) is 6.95. The monoisotopic (exact) mass is 359 g/mol. The van der Waals surface area contributed by atoms with Crippen LogP contribution in [0.1, 0.15) is 18.4 Å². The maximum absolute atomic E-state index is 11.8. The summed E-state index contributed by atoms with van der Waals surface area (Å²) < 4.78 is 7.42. The van der Waals surface area contributed by atoms with Gasteiger partial charge in [0.15, 0.2) is 0 Å². The number of ether oxygens (including phenoxy) is 1. The molecule has 2 aromatic rings. The van der Waals surface area contributed by atoms with Gasteiger partial charge in [-0.25, -0.2) is 9.79 Å². The maximum Gasteiger partial charge on any atom is 0.261 e. The molecule has 1 atom stereocenters. The molecule has 3 rings (SSSR count). The number of nitrogens with zero attached hydrogens (tertiary/aromatic N) is 2.